The van der Waals surface area contributed by atoms with Crippen LogP contribution < -0.4 is 16.6 Å². The van der Waals surface area contributed by atoms with Gasteiger partial charge in [-0.25, -0.2) is 9.78 Å². The maximum Gasteiger partial charge on any atom is 0.332 e. The zero-order valence-electron chi connectivity index (χ0n) is 18.6. The van der Waals surface area contributed by atoms with Gasteiger partial charge in [-0.1, -0.05) is 67.3 Å². The first-order valence-electron chi connectivity index (χ1n) is 10.2. The van der Waals surface area contributed by atoms with Crippen LogP contribution in [0.25, 0.3) is 11.2 Å². The van der Waals surface area contributed by atoms with Gasteiger partial charge in [-0.15, -0.1) is 10.2 Å². The first kappa shape index (κ1) is 22.9. The molecule has 172 valence electrons. The van der Waals surface area contributed by atoms with Crippen molar-refractivity contribution >= 4 is 45.3 Å². The number of thioether (sulfide) groups is 1. The highest BCUT2D eigenvalue weighted by atomic mass is 32.2. The van der Waals surface area contributed by atoms with Crippen molar-refractivity contribution in [2.24, 2.45) is 14.1 Å². The number of carbonyl (C=O) groups is 1. The Hall–Kier alpha value is -3.25. The standard InChI is InChI=1S/C21H23N7O3S2/c1-12(2)17-24-25-19(33-17)22-14(29)11-32-20-23-16-15(18(30)27(4)21(31)26(16)3)28(20)10-13-8-6-5-7-9-13/h5-9,12H,10-11H2,1-4H3,(H,22,25,29). The minimum absolute atomic E-state index is 0.0585. The summed E-state index contributed by atoms with van der Waals surface area (Å²) in [6.07, 6.45) is 0. The molecule has 4 rings (SSSR count). The molecule has 33 heavy (non-hydrogen) atoms. The number of imidazole rings is 1. The summed E-state index contributed by atoms with van der Waals surface area (Å²) in [5, 5.41) is 12.6. The van der Waals surface area contributed by atoms with Crippen molar-refractivity contribution < 1.29 is 4.79 Å². The van der Waals surface area contributed by atoms with Crippen molar-refractivity contribution in [2.75, 3.05) is 11.1 Å². The molecule has 0 atom stereocenters. The Morgan fingerprint density at radius 2 is 1.85 bits per heavy atom. The monoisotopic (exact) mass is 485 g/mol. The zero-order valence-corrected chi connectivity index (χ0v) is 20.2. The fraction of sp³-hybridized carbons (Fsp3) is 0.333. The van der Waals surface area contributed by atoms with Gasteiger partial charge in [0.05, 0.1) is 12.3 Å². The van der Waals surface area contributed by atoms with Crippen molar-refractivity contribution in [1.82, 2.24) is 28.9 Å². The molecule has 0 radical (unpaired) electrons. The Kier molecular flexibility index (Phi) is 6.47. The van der Waals surface area contributed by atoms with E-state index >= 15 is 0 Å². The number of benzene rings is 1. The molecule has 3 heterocycles. The molecule has 0 unspecified atom stereocenters. The van der Waals surface area contributed by atoms with Crippen molar-refractivity contribution in [3.8, 4) is 0 Å². The van der Waals surface area contributed by atoms with Crippen LogP contribution in [0.5, 0.6) is 0 Å². The van der Waals surface area contributed by atoms with E-state index in [0.717, 1.165) is 15.1 Å². The molecule has 1 amide bonds. The van der Waals surface area contributed by atoms with E-state index in [0.29, 0.717) is 22.3 Å². The number of aryl methyl sites for hydroxylation is 1. The molecule has 0 bridgehead atoms. The van der Waals surface area contributed by atoms with E-state index in [4.69, 9.17) is 0 Å². The third-order valence-corrected chi connectivity index (χ3v) is 7.13. The second-order valence-corrected chi connectivity index (χ2v) is 9.73. The number of carbonyl (C=O) groups excluding carboxylic acids is 1. The molecule has 12 heteroatoms. The fourth-order valence-corrected chi connectivity index (χ4v) is 4.81. The summed E-state index contributed by atoms with van der Waals surface area (Å²) in [5.41, 5.74) is 0.685. The van der Waals surface area contributed by atoms with Crippen molar-refractivity contribution in [3.05, 3.63) is 61.7 Å². The number of nitrogens with zero attached hydrogens (tertiary/aromatic N) is 6. The topological polar surface area (TPSA) is 117 Å². The molecule has 0 spiro atoms. The van der Waals surface area contributed by atoms with E-state index in [1.807, 2.05) is 44.2 Å². The maximum atomic E-state index is 12.9. The Bertz CT molecular complexity index is 1430. The number of nitrogens with one attached hydrogen (secondary N) is 1. The van der Waals surface area contributed by atoms with Crippen LogP contribution in [0.15, 0.2) is 45.1 Å². The number of anilines is 1. The van der Waals surface area contributed by atoms with Gasteiger partial charge >= 0.3 is 5.69 Å². The largest absolute Gasteiger partial charge is 0.332 e. The lowest BCUT2D eigenvalue weighted by Crippen LogP contribution is -2.37. The minimum Gasteiger partial charge on any atom is -0.309 e. The maximum absolute atomic E-state index is 12.9. The molecule has 0 saturated heterocycles. The van der Waals surface area contributed by atoms with Gasteiger partial charge in [0.25, 0.3) is 5.56 Å². The van der Waals surface area contributed by atoms with Gasteiger partial charge in [0.2, 0.25) is 11.0 Å². The summed E-state index contributed by atoms with van der Waals surface area (Å²) in [7, 11) is 3.02. The SMILES string of the molecule is CC(C)c1nnc(NC(=O)CSc2nc3c(c(=O)n(C)c(=O)n3C)n2Cc2ccccc2)s1. The molecule has 0 saturated carbocycles. The van der Waals surface area contributed by atoms with Crippen molar-refractivity contribution in [2.45, 2.75) is 31.5 Å². The molecular formula is C21H23N7O3S2. The summed E-state index contributed by atoms with van der Waals surface area (Å²) in [5.74, 6) is 0.0319. The van der Waals surface area contributed by atoms with Crippen molar-refractivity contribution in [3.63, 3.8) is 0 Å². The van der Waals surface area contributed by atoms with Gasteiger partial charge < -0.3 is 4.57 Å². The molecule has 0 aliphatic carbocycles. The summed E-state index contributed by atoms with van der Waals surface area (Å²) < 4.78 is 4.16. The number of hydrogen-bond donors (Lipinski definition) is 1. The molecule has 1 N–H and O–H groups in total. The van der Waals surface area contributed by atoms with E-state index in [1.54, 1.807) is 11.6 Å². The van der Waals surface area contributed by atoms with Crippen LogP contribution in [-0.4, -0.2) is 40.5 Å². The van der Waals surface area contributed by atoms with E-state index in [1.165, 1.54) is 34.7 Å². The summed E-state index contributed by atoms with van der Waals surface area (Å²) in [6, 6.07) is 9.63. The third-order valence-electron chi connectivity index (χ3n) is 5.01. The van der Waals surface area contributed by atoms with E-state index < -0.39 is 11.2 Å². The van der Waals surface area contributed by atoms with Crippen LogP contribution in [0.2, 0.25) is 0 Å². The smallest absolute Gasteiger partial charge is 0.309 e. The number of hydrogen-bond acceptors (Lipinski definition) is 8. The molecule has 0 aliphatic heterocycles. The number of aromatic nitrogens is 6. The fourth-order valence-electron chi connectivity index (χ4n) is 3.25. The van der Waals surface area contributed by atoms with Gasteiger partial charge in [-0.2, -0.15) is 0 Å². The van der Waals surface area contributed by atoms with Gasteiger partial charge in [0.1, 0.15) is 5.01 Å². The van der Waals surface area contributed by atoms with E-state index in [2.05, 4.69) is 20.5 Å². The van der Waals surface area contributed by atoms with Crippen LogP contribution in [0.4, 0.5) is 5.13 Å². The second kappa shape index (κ2) is 9.32. The van der Waals surface area contributed by atoms with Gasteiger partial charge in [-0.05, 0) is 5.56 Å². The number of rotatable bonds is 7. The number of fused-ring (bicyclic) bond motifs is 1. The lowest BCUT2D eigenvalue weighted by molar-refractivity contribution is -0.113. The predicted octanol–water partition coefficient (Wildman–Crippen LogP) is 2.19. The summed E-state index contributed by atoms with van der Waals surface area (Å²) >= 11 is 2.53. The Labute approximate surface area is 197 Å². The molecule has 1 aromatic carbocycles. The predicted molar refractivity (Wildman–Crippen MR) is 129 cm³/mol. The van der Waals surface area contributed by atoms with Crippen molar-refractivity contribution in [1.29, 1.82) is 0 Å². The average molecular weight is 486 g/mol. The molecule has 0 fully saturated rings. The number of amides is 1. The average Bonchev–Trinajstić information content (AvgIpc) is 3.41. The molecule has 3 aromatic heterocycles. The van der Waals surface area contributed by atoms with Crippen LogP contribution in [0.3, 0.4) is 0 Å². The highest BCUT2D eigenvalue weighted by Crippen LogP contribution is 2.25. The van der Waals surface area contributed by atoms with Crippen LogP contribution >= 0.6 is 23.1 Å². The summed E-state index contributed by atoms with van der Waals surface area (Å²) in [4.78, 5) is 42.4. The first-order valence-corrected chi connectivity index (χ1v) is 12.0. The Balaban J connectivity index is 1.65. The second-order valence-electron chi connectivity index (χ2n) is 7.78. The summed E-state index contributed by atoms with van der Waals surface area (Å²) in [6.45, 7) is 4.40. The Morgan fingerprint density at radius 1 is 1.12 bits per heavy atom. The van der Waals surface area contributed by atoms with Gasteiger partial charge in [-0.3, -0.25) is 24.0 Å². The first-order chi connectivity index (χ1) is 15.8. The third kappa shape index (κ3) is 4.62. The van der Waals surface area contributed by atoms with Crippen LogP contribution in [0, 0.1) is 0 Å². The van der Waals surface area contributed by atoms with Gasteiger partial charge in [0.15, 0.2) is 16.3 Å². The van der Waals surface area contributed by atoms with Gasteiger partial charge in [0, 0.05) is 20.0 Å². The lowest BCUT2D eigenvalue weighted by atomic mass is 10.2. The Morgan fingerprint density at radius 3 is 2.52 bits per heavy atom. The van der Waals surface area contributed by atoms with E-state index in [9.17, 15) is 14.4 Å². The van der Waals surface area contributed by atoms with E-state index in [-0.39, 0.29) is 23.2 Å². The van der Waals surface area contributed by atoms with Crippen LogP contribution in [0.1, 0.15) is 30.3 Å². The normalized spacial score (nSPS) is 11.4. The molecule has 0 aliphatic rings. The highest BCUT2D eigenvalue weighted by Gasteiger charge is 2.21. The quantitative estimate of drug-likeness (QED) is 0.399. The molecule has 10 nitrogen and oxygen atoms in total. The molecule has 4 aromatic rings. The minimum atomic E-state index is -0.455. The zero-order chi connectivity index (χ0) is 23.7. The molecular weight excluding hydrogens is 462 g/mol. The highest BCUT2D eigenvalue weighted by molar-refractivity contribution is 7.99. The van der Waals surface area contributed by atoms with Crippen LogP contribution in [-0.2, 0) is 25.4 Å². The lowest BCUT2D eigenvalue weighted by Gasteiger charge is -2.09.